The maximum Gasteiger partial charge on any atom is 0.340 e. The fourth-order valence-electron chi connectivity index (χ4n) is 9.07. The van der Waals surface area contributed by atoms with Gasteiger partial charge in [-0.1, -0.05) is 0 Å². The molecule has 2 aromatic heterocycles. The molecule has 8 amide bonds. The molecule has 10 N–H and O–H groups in total. The molecule has 3 aliphatic rings. The summed E-state index contributed by atoms with van der Waals surface area (Å²) in [4.78, 5) is 135. The zero-order valence-corrected chi connectivity index (χ0v) is 44.2. The van der Waals surface area contributed by atoms with Gasteiger partial charge in [0.1, 0.15) is 49.4 Å². The Kier molecular flexibility index (Phi) is 20.6. The highest BCUT2D eigenvalue weighted by Gasteiger charge is 2.36. The lowest BCUT2D eigenvalue weighted by atomic mass is 9.94. The van der Waals surface area contributed by atoms with Gasteiger partial charge in [-0.2, -0.15) is 0 Å². The van der Waals surface area contributed by atoms with Crippen molar-refractivity contribution >= 4 is 64.1 Å². The number of hydrogen-bond donors (Lipinski definition) is 10. The molecule has 5 heterocycles. The Hall–Kier alpha value is -7.56. The topological polar surface area (TPSA) is 375 Å². The molecule has 27 heteroatoms. The minimum atomic E-state index is -1.70. The van der Waals surface area contributed by atoms with Crippen LogP contribution in [-0.4, -0.2) is 181 Å². The molecule has 0 radical (unpaired) electrons. The average Bonchev–Trinajstić information content (AvgIpc) is 4.18. The van der Waals surface area contributed by atoms with Crippen molar-refractivity contribution < 1.29 is 82.5 Å². The molecular weight excluding hydrogens is 1040 g/mol. The number of carbonyl (C=O) groups excluding carboxylic acids is 9. The third kappa shape index (κ3) is 14.8. The van der Waals surface area contributed by atoms with Crippen LogP contribution < -0.4 is 32.1 Å². The van der Waals surface area contributed by atoms with Crippen LogP contribution in [0.3, 0.4) is 0 Å². The van der Waals surface area contributed by atoms with Gasteiger partial charge in [-0.05, 0) is 83.1 Å². The Balaban J connectivity index is 0.955. The fourth-order valence-corrected chi connectivity index (χ4v) is 9.07. The zero-order valence-electron chi connectivity index (χ0n) is 44.2. The molecule has 0 fully saturated rings. The number of benzene rings is 1. The smallest absolute Gasteiger partial charge is 0.340 e. The van der Waals surface area contributed by atoms with Crippen LogP contribution >= 0.6 is 0 Å². The van der Waals surface area contributed by atoms with Gasteiger partial charge >= 0.3 is 5.97 Å². The van der Waals surface area contributed by atoms with Gasteiger partial charge in [-0.3, -0.25) is 48.1 Å². The second-order valence-electron chi connectivity index (χ2n) is 19.6. The molecule has 0 spiro atoms. The van der Waals surface area contributed by atoms with Crippen LogP contribution in [-0.2, 0) is 72.2 Å². The Morgan fingerprint density at radius 1 is 0.848 bits per heavy atom. The predicted molar refractivity (Wildman–Crippen MR) is 274 cm³/mol. The number of halogens is 1. The first-order valence-corrected chi connectivity index (χ1v) is 25.6. The standard InChI is InChI=1S/C52H66FN9O17/c1-25-18-30-29(32-21-62-37(44(32)59-36(30)20-34(25)53)19-31-33(51(62)76)23-79-52(77)45(31)70)8-6-7-17-78-24-54-47(72)26(2)55-48(73)27(3)56-49(74)28(4)57-50(75)35(58-40(66)13-15-61-42(68)11-12-43(61)69)9-10-41(67)60(5)22-39(65)46(71)38(64)14-16-63/h11-12,18-20,26-28,35,38-39,45-46,63-65,70-71H,6-10,13-17,21-24H2,1-5H3,(H,54,72)(H,55,73)(H,56,74)(H,57,75)(H,58,66)/t26-,27-,28-,35-,38+,39-,45-,46-/m0/s1. The minimum absolute atomic E-state index is 0.142. The van der Waals surface area contributed by atoms with E-state index in [2.05, 4.69) is 26.6 Å². The number of rotatable bonds is 27. The maximum atomic E-state index is 14.8. The number of amides is 8. The summed E-state index contributed by atoms with van der Waals surface area (Å²) >= 11 is 0. The lowest BCUT2D eigenvalue weighted by Crippen LogP contribution is -2.56. The van der Waals surface area contributed by atoms with Gasteiger partial charge in [0.25, 0.3) is 17.4 Å². The number of nitrogens with zero attached hydrogens (tertiary/aromatic N) is 4. The third-order valence-electron chi connectivity index (χ3n) is 13.8. The van der Waals surface area contributed by atoms with Crippen LogP contribution in [0.25, 0.3) is 22.3 Å². The molecule has 0 saturated heterocycles. The predicted octanol–water partition coefficient (Wildman–Crippen LogP) is -2.61. The quantitative estimate of drug-likeness (QED) is 0.0127. The Morgan fingerprint density at radius 2 is 1.49 bits per heavy atom. The van der Waals surface area contributed by atoms with Gasteiger partial charge in [0.2, 0.25) is 35.4 Å². The van der Waals surface area contributed by atoms with Gasteiger partial charge in [-0.25, -0.2) is 14.2 Å². The summed E-state index contributed by atoms with van der Waals surface area (Å²) in [7, 11) is 1.28. The van der Waals surface area contributed by atoms with Crippen molar-refractivity contribution in [1.82, 2.24) is 45.9 Å². The van der Waals surface area contributed by atoms with Crippen LogP contribution in [0.4, 0.5) is 4.39 Å². The Morgan fingerprint density at radius 3 is 2.15 bits per heavy atom. The number of aliphatic hydroxyl groups is 5. The van der Waals surface area contributed by atoms with E-state index >= 15 is 0 Å². The molecule has 6 rings (SSSR count). The molecule has 3 aliphatic heterocycles. The van der Waals surface area contributed by atoms with E-state index in [0.29, 0.717) is 47.1 Å². The minimum Gasteiger partial charge on any atom is -0.458 e. The SMILES string of the molecule is Cc1cc2c(CCCCOCNC(=O)[C@H](C)NC(=O)[C@H](C)NC(=O)[C@H](C)NC(=O)[C@H](CCC(=O)N(C)C[C@H](O)[C@@H](O)[C@H](O)CCO)NC(=O)CCN3C(=O)C=CC3=O)c3c(nc2cc1F)-c1cc2c(c(=O)n1C3)COC(=O)[C@H]2O. The number of unbranched alkanes of at least 4 members (excludes halogenated alkanes) is 1. The largest absolute Gasteiger partial charge is 0.458 e. The van der Waals surface area contributed by atoms with E-state index in [1.807, 2.05) is 0 Å². The lowest BCUT2D eigenvalue weighted by molar-refractivity contribution is -0.157. The van der Waals surface area contributed by atoms with Crippen molar-refractivity contribution in [3.63, 3.8) is 0 Å². The van der Waals surface area contributed by atoms with Crippen molar-refractivity contribution in [3.05, 3.63) is 74.3 Å². The third-order valence-corrected chi connectivity index (χ3v) is 13.8. The monoisotopic (exact) mass is 1110 g/mol. The molecule has 3 aromatic rings. The van der Waals surface area contributed by atoms with Crippen molar-refractivity contribution in [2.45, 2.75) is 134 Å². The van der Waals surface area contributed by atoms with E-state index in [0.717, 1.165) is 33.1 Å². The van der Waals surface area contributed by atoms with Crippen LogP contribution in [0.5, 0.6) is 0 Å². The number of pyridine rings is 2. The number of aryl methyl sites for hydroxylation is 2. The summed E-state index contributed by atoms with van der Waals surface area (Å²) in [5.74, 6) is -7.24. The first-order valence-electron chi connectivity index (χ1n) is 25.6. The summed E-state index contributed by atoms with van der Waals surface area (Å²) in [6, 6.07) is -0.548. The second-order valence-corrected chi connectivity index (χ2v) is 19.6. The molecule has 428 valence electrons. The number of likely N-dealkylation sites (N-methyl/N-ethyl adjacent to an activating group) is 1. The lowest BCUT2D eigenvalue weighted by Gasteiger charge is -2.27. The van der Waals surface area contributed by atoms with Crippen molar-refractivity contribution in [2.24, 2.45) is 0 Å². The van der Waals surface area contributed by atoms with Gasteiger partial charge in [0, 0.05) is 80.9 Å². The summed E-state index contributed by atoms with van der Waals surface area (Å²) in [5, 5.41) is 63.0. The molecule has 26 nitrogen and oxygen atoms in total. The van der Waals surface area contributed by atoms with E-state index in [9.17, 15) is 72.8 Å². The van der Waals surface area contributed by atoms with Crippen LogP contribution in [0.2, 0.25) is 0 Å². The van der Waals surface area contributed by atoms with Crippen molar-refractivity contribution in [1.29, 1.82) is 0 Å². The maximum absolute atomic E-state index is 14.8. The van der Waals surface area contributed by atoms with Gasteiger partial charge in [0.15, 0.2) is 6.10 Å². The summed E-state index contributed by atoms with van der Waals surface area (Å²) in [6.45, 7) is 4.26. The van der Waals surface area contributed by atoms with E-state index < -0.39 is 139 Å². The number of imide groups is 1. The Bertz CT molecular complexity index is 2950. The number of cyclic esters (lactones) is 1. The van der Waals surface area contributed by atoms with E-state index in [4.69, 9.17) is 19.6 Å². The number of aromatic nitrogens is 2. The molecule has 8 atom stereocenters. The fraction of sp³-hybridized carbons (Fsp3) is 0.519. The highest BCUT2D eigenvalue weighted by Crippen LogP contribution is 2.39. The molecule has 1 aromatic carbocycles. The molecule has 0 aliphatic carbocycles. The molecule has 79 heavy (non-hydrogen) atoms. The number of fused-ring (bicyclic) bond motifs is 5. The number of esters is 1. The number of hydrogen-bond acceptors (Lipinski definition) is 18. The second kappa shape index (κ2) is 26.9. The zero-order chi connectivity index (χ0) is 58.0. The van der Waals surface area contributed by atoms with Crippen molar-refractivity contribution in [3.8, 4) is 11.4 Å². The summed E-state index contributed by atoms with van der Waals surface area (Å²) in [6.07, 6.45) is -4.24. The summed E-state index contributed by atoms with van der Waals surface area (Å²) in [5.41, 5.74) is 3.07. The van der Waals surface area contributed by atoms with E-state index in [1.54, 1.807) is 19.1 Å². The highest BCUT2D eigenvalue weighted by atomic mass is 19.1. The van der Waals surface area contributed by atoms with Gasteiger partial charge < -0.3 is 71.1 Å². The molecule has 0 bridgehead atoms. The van der Waals surface area contributed by atoms with Crippen LogP contribution in [0, 0.1) is 12.7 Å². The number of ether oxygens (including phenoxy) is 2. The molecule has 0 saturated carbocycles. The first kappa shape index (κ1) is 60.7. The molecular formula is C52H66FN9O17. The van der Waals surface area contributed by atoms with Crippen LogP contribution in [0.1, 0.15) is 93.2 Å². The number of nitrogens with one attached hydrogen (secondary N) is 5. The van der Waals surface area contributed by atoms with Gasteiger partial charge in [-0.15, -0.1) is 0 Å². The summed E-state index contributed by atoms with van der Waals surface area (Å²) < 4.78 is 27.0. The number of carbonyl (C=O) groups is 9. The van der Waals surface area contributed by atoms with E-state index in [-0.39, 0.29) is 57.0 Å². The van der Waals surface area contributed by atoms with E-state index in [1.165, 1.54) is 38.5 Å². The average molecular weight is 1110 g/mol. The normalized spacial score (nSPS) is 17.1. The number of aliphatic hydroxyl groups excluding tert-OH is 5. The Labute approximate surface area is 451 Å². The first-order chi connectivity index (χ1) is 37.4. The van der Waals surface area contributed by atoms with Crippen LogP contribution in [0.15, 0.2) is 35.1 Å². The molecule has 0 unspecified atom stereocenters. The van der Waals surface area contributed by atoms with Gasteiger partial charge in [0.05, 0.1) is 41.2 Å². The van der Waals surface area contributed by atoms with Crippen molar-refractivity contribution in [2.75, 3.05) is 40.1 Å². The highest BCUT2D eigenvalue weighted by molar-refractivity contribution is 6.13.